The summed E-state index contributed by atoms with van der Waals surface area (Å²) in [6.45, 7) is 1.41. The second kappa shape index (κ2) is 9.76. The van der Waals surface area contributed by atoms with E-state index in [1.807, 2.05) is 31.3 Å². The van der Waals surface area contributed by atoms with Crippen LogP contribution in [0.4, 0.5) is 0 Å². The lowest BCUT2D eigenvalue weighted by Crippen LogP contribution is -2.33. The molecule has 0 bridgehead atoms. The van der Waals surface area contributed by atoms with Gasteiger partial charge in [0.2, 0.25) is 0 Å². The van der Waals surface area contributed by atoms with Gasteiger partial charge in [-0.2, -0.15) is 0 Å². The Balaban J connectivity index is 1.63. The summed E-state index contributed by atoms with van der Waals surface area (Å²) in [5, 5.41) is 13.9. The molecule has 0 radical (unpaired) electrons. The number of cyclic esters (lactones) is 1. The fraction of sp³-hybridized carbons (Fsp3) is 0.393. The number of fused-ring (bicyclic) bond motifs is 2. The molecule has 0 amide bonds. The first kappa shape index (κ1) is 23.5. The molecule has 0 spiro atoms. The van der Waals surface area contributed by atoms with Gasteiger partial charge in [0.05, 0.1) is 22.3 Å². The van der Waals surface area contributed by atoms with Gasteiger partial charge in [0, 0.05) is 30.1 Å². The van der Waals surface area contributed by atoms with E-state index in [4.69, 9.17) is 9.72 Å². The maximum absolute atomic E-state index is 12.7. The van der Waals surface area contributed by atoms with Crippen LogP contribution in [0.1, 0.15) is 69.6 Å². The molecule has 1 aromatic heterocycles. The number of carbonyl (C=O) groups excluding carboxylic acids is 1. The number of hydrogen-bond donors (Lipinski definition) is 2. The van der Waals surface area contributed by atoms with E-state index in [9.17, 15) is 14.7 Å². The second-order valence-corrected chi connectivity index (χ2v) is 9.65. The number of nitrogens with zero attached hydrogens (tertiary/aromatic N) is 2. The van der Waals surface area contributed by atoms with Crippen LogP contribution in [0.3, 0.4) is 0 Å². The topological polar surface area (TPSA) is 91.8 Å². The van der Waals surface area contributed by atoms with E-state index in [1.165, 1.54) is 19.3 Å². The lowest BCUT2D eigenvalue weighted by molar-refractivity contribution is 0.0533. The Bertz CT molecular complexity index is 1300. The Morgan fingerprint density at radius 2 is 1.94 bits per heavy atom. The highest BCUT2D eigenvalue weighted by Crippen LogP contribution is 2.38. The van der Waals surface area contributed by atoms with Crippen LogP contribution >= 0.6 is 0 Å². The van der Waals surface area contributed by atoms with Gasteiger partial charge in [0.25, 0.3) is 0 Å². The fourth-order valence-corrected chi connectivity index (χ4v) is 5.51. The zero-order chi connectivity index (χ0) is 24.5. The van der Waals surface area contributed by atoms with Crippen molar-refractivity contribution in [3.63, 3.8) is 0 Å². The van der Waals surface area contributed by atoms with Crippen molar-refractivity contribution in [1.82, 2.24) is 15.2 Å². The number of carboxylic acid groups (broad SMARTS) is 1. The smallest absolute Gasteiger partial charge is 0.341 e. The summed E-state index contributed by atoms with van der Waals surface area (Å²) in [6, 6.07) is 11.9. The third-order valence-electron chi connectivity index (χ3n) is 7.29. The minimum Gasteiger partial charge on any atom is -0.478 e. The number of aromatic nitrogens is 1. The fourth-order valence-electron chi connectivity index (χ4n) is 5.51. The second-order valence-electron chi connectivity index (χ2n) is 9.65. The average Bonchev–Trinajstić information content (AvgIpc) is 3.23. The maximum Gasteiger partial charge on any atom is 0.341 e. The lowest BCUT2D eigenvalue weighted by Gasteiger charge is -2.31. The van der Waals surface area contributed by atoms with Crippen LogP contribution in [0.2, 0.25) is 0 Å². The number of hydrogen-bond acceptors (Lipinski definition) is 6. The third-order valence-corrected chi connectivity index (χ3v) is 7.29. The van der Waals surface area contributed by atoms with Crippen LogP contribution < -0.4 is 5.32 Å². The predicted octanol–water partition coefficient (Wildman–Crippen LogP) is 4.75. The van der Waals surface area contributed by atoms with E-state index in [0.29, 0.717) is 36.0 Å². The molecule has 0 atom stereocenters. The minimum absolute atomic E-state index is 0.151. The molecular weight excluding hydrogens is 442 g/mol. The molecule has 182 valence electrons. The number of nitrogens with one attached hydrogen (secondary N) is 1. The van der Waals surface area contributed by atoms with Crippen LogP contribution in [0.25, 0.3) is 22.0 Å². The van der Waals surface area contributed by atoms with Crippen molar-refractivity contribution in [3.05, 3.63) is 64.3 Å². The summed E-state index contributed by atoms with van der Waals surface area (Å²) < 4.78 is 5.35. The van der Waals surface area contributed by atoms with Gasteiger partial charge in [-0.15, -0.1) is 0 Å². The van der Waals surface area contributed by atoms with Gasteiger partial charge in [-0.3, -0.25) is 4.90 Å². The summed E-state index contributed by atoms with van der Waals surface area (Å²) >= 11 is 0. The maximum atomic E-state index is 12.7. The molecule has 7 heteroatoms. The summed E-state index contributed by atoms with van der Waals surface area (Å²) in [5.74, 6) is -1.32. The standard InChI is InChI=1S/C28H31N3O4/c1-29-14-17-8-10-22-23(12-17)30-24-16-35-28(34)26(24)25(22)18-9-11-21(27(32)33)19(13-18)15-31(2)20-6-4-3-5-7-20/h8-13,20,29H,3-7,14-16H2,1-2H3,(H,32,33). The number of rotatable bonds is 7. The Morgan fingerprint density at radius 1 is 1.14 bits per heavy atom. The molecule has 0 unspecified atom stereocenters. The van der Waals surface area contributed by atoms with Crippen LogP contribution in [-0.4, -0.2) is 47.1 Å². The van der Waals surface area contributed by atoms with E-state index < -0.39 is 5.97 Å². The molecule has 35 heavy (non-hydrogen) atoms. The van der Waals surface area contributed by atoms with Crippen molar-refractivity contribution in [2.75, 3.05) is 14.1 Å². The molecule has 1 saturated carbocycles. The molecule has 2 aromatic carbocycles. The van der Waals surface area contributed by atoms with E-state index in [0.717, 1.165) is 46.0 Å². The van der Waals surface area contributed by atoms with Gasteiger partial charge in [0.15, 0.2) is 0 Å². The van der Waals surface area contributed by atoms with Crippen molar-refractivity contribution in [2.24, 2.45) is 0 Å². The van der Waals surface area contributed by atoms with Crippen LogP contribution in [0.15, 0.2) is 36.4 Å². The normalized spacial score (nSPS) is 16.0. The Labute approximate surface area is 205 Å². The third kappa shape index (κ3) is 4.54. The summed E-state index contributed by atoms with van der Waals surface area (Å²) in [4.78, 5) is 31.8. The first-order chi connectivity index (χ1) is 17.0. The van der Waals surface area contributed by atoms with Crippen molar-refractivity contribution >= 4 is 22.8 Å². The molecular formula is C28H31N3O4. The highest BCUT2D eigenvalue weighted by molar-refractivity contribution is 6.09. The van der Waals surface area contributed by atoms with Crippen LogP contribution in [0, 0.1) is 0 Å². The molecule has 3 aromatic rings. The van der Waals surface area contributed by atoms with Crippen LogP contribution in [-0.2, 0) is 24.4 Å². The average molecular weight is 474 g/mol. The van der Waals surface area contributed by atoms with Crippen molar-refractivity contribution in [3.8, 4) is 11.1 Å². The number of carbonyl (C=O) groups is 2. The zero-order valence-corrected chi connectivity index (χ0v) is 20.3. The van der Waals surface area contributed by atoms with E-state index >= 15 is 0 Å². The minimum atomic E-state index is -0.940. The van der Waals surface area contributed by atoms with Gasteiger partial charge in [-0.1, -0.05) is 37.5 Å². The molecule has 2 heterocycles. The number of benzene rings is 2. The number of ether oxygens (including phenoxy) is 1. The Kier molecular flexibility index (Phi) is 6.54. The van der Waals surface area contributed by atoms with Gasteiger partial charge in [-0.05, 0) is 61.8 Å². The lowest BCUT2D eigenvalue weighted by atomic mass is 9.91. The highest BCUT2D eigenvalue weighted by Gasteiger charge is 2.30. The Morgan fingerprint density at radius 3 is 2.69 bits per heavy atom. The molecule has 5 rings (SSSR count). The Hall–Kier alpha value is -3.29. The van der Waals surface area contributed by atoms with Gasteiger partial charge < -0.3 is 15.2 Å². The SMILES string of the molecule is CNCc1ccc2c(-c3ccc(C(=O)O)c(CN(C)C4CCCCC4)c3)c3c(nc2c1)COC3=O. The monoisotopic (exact) mass is 473 g/mol. The van der Waals surface area contributed by atoms with Gasteiger partial charge in [0.1, 0.15) is 6.61 Å². The molecule has 1 aliphatic carbocycles. The summed E-state index contributed by atoms with van der Waals surface area (Å²) in [7, 11) is 3.97. The largest absolute Gasteiger partial charge is 0.478 e. The molecule has 2 N–H and O–H groups in total. The van der Waals surface area contributed by atoms with Crippen molar-refractivity contribution in [2.45, 2.75) is 57.8 Å². The molecule has 1 fully saturated rings. The zero-order valence-electron chi connectivity index (χ0n) is 20.3. The molecule has 1 aliphatic heterocycles. The number of esters is 1. The molecule has 7 nitrogen and oxygen atoms in total. The van der Waals surface area contributed by atoms with E-state index in [2.05, 4.69) is 17.3 Å². The van der Waals surface area contributed by atoms with Gasteiger partial charge >= 0.3 is 11.9 Å². The van der Waals surface area contributed by atoms with Gasteiger partial charge in [-0.25, -0.2) is 14.6 Å². The predicted molar refractivity (Wildman–Crippen MR) is 134 cm³/mol. The highest BCUT2D eigenvalue weighted by atomic mass is 16.5. The summed E-state index contributed by atoms with van der Waals surface area (Å²) in [5.41, 5.74) is 5.63. The quantitative estimate of drug-likeness (QED) is 0.478. The van der Waals surface area contributed by atoms with Crippen LogP contribution in [0.5, 0.6) is 0 Å². The number of carboxylic acids is 1. The first-order valence-corrected chi connectivity index (χ1v) is 12.3. The first-order valence-electron chi connectivity index (χ1n) is 12.3. The van der Waals surface area contributed by atoms with E-state index in [-0.39, 0.29) is 12.6 Å². The van der Waals surface area contributed by atoms with Crippen molar-refractivity contribution < 1.29 is 19.4 Å². The molecule has 2 aliphatic rings. The van der Waals surface area contributed by atoms with Crippen molar-refractivity contribution in [1.29, 1.82) is 0 Å². The number of aromatic carboxylic acids is 1. The number of pyridine rings is 1. The van der Waals surface area contributed by atoms with E-state index in [1.54, 1.807) is 12.1 Å². The molecule has 0 saturated heterocycles. The summed E-state index contributed by atoms with van der Waals surface area (Å²) in [6.07, 6.45) is 5.98.